The molecule has 4 heterocycles. The van der Waals surface area contributed by atoms with Crippen LogP contribution in [0.3, 0.4) is 0 Å². The fraction of sp³-hybridized carbons (Fsp3) is 0.429. The predicted molar refractivity (Wildman–Crippen MR) is 152 cm³/mol. The molecule has 2 saturated carbocycles. The van der Waals surface area contributed by atoms with Crippen molar-refractivity contribution in [1.82, 2.24) is 34.5 Å². The summed E-state index contributed by atoms with van der Waals surface area (Å²) in [6, 6.07) is 5.07. The highest BCUT2D eigenvalue weighted by Crippen LogP contribution is 2.45. The van der Waals surface area contributed by atoms with Crippen molar-refractivity contribution in [2.75, 3.05) is 18.2 Å². The number of nitrogens with one attached hydrogen (secondary N) is 1. The van der Waals surface area contributed by atoms with Crippen LogP contribution in [0.1, 0.15) is 62.4 Å². The number of methoxy groups -OCH3 is 1. The Hall–Kier alpha value is -4.51. The summed E-state index contributed by atoms with van der Waals surface area (Å²) in [5, 5.41) is 12.9. The second kappa shape index (κ2) is 11.1. The van der Waals surface area contributed by atoms with Crippen molar-refractivity contribution < 1.29 is 13.2 Å². The van der Waals surface area contributed by atoms with Crippen molar-refractivity contribution in [2.45, 2.75) is 62.4 Å². The first-order valence-corrected chi connectivity index (χ1v) is 15.5. The van der Waals surface area contributed by atoms with Crippen molar-refractivity contribution in [1.29, 1.82) is 5.26 Å². The third kappa shape index (κ3) is 5.04. The van der Waals surface area contributed by atoms with E-state index >= 15 is 0 Å². The average molecular weight is 588 g/mol. The topological polar surface area (TPSA) is 179 Å². The molecule has 2 aliphatic carbocycles. The zero-order chi connectivity index (χ0) is 29.4. The molecule has 1 N–H and O–H groups in total. The lowest BCUT2D eigenvalue weighted by Gasteiger charge is -2.20. The lowest BCUT2D eigenvalue weighted by atomic mass is 10.1. The molecule has 0 aliphatic heterocycles. The zero-order valence-corrected chi connectivity index (χ0v) is 24.0. The van der Waals surface area contributed by atoms with E-state index in [1.165, 1.54) is 25.7 Å². The Balaban J connectivity index is 1.43. The zero-order valence-electron chi connectivity index (χ0n) is 23.2. The molecule has 0 saturated heterocycles. The predicted octanol–water partition coefficient (Wildman–Crippen LogP) is 3.19. The highest BCUT2D eigenvalue weighted by Gasteiger charge is 2.34. The van der Waals surface area contributed by atoms with Crippen LogP contribution in [0.5, 0.6) is 5.88 Å². The quantitative estimate of drug-likeness (QED) is 0.303. The molecule has 6 rings (SSSR count). The molecule has 0 bridgehead atoms. The van der Waals surface area contributed by atoms with Crippen LogP contribution < -0.4 is 15.6 Å². The molecule has 0 spiro atoms. The Bertz CT molecular complexity index is 1870. The molecule has 216 valence electrons. The lowest BCUT2D eigenvalue weighted by molar-refractivity contribution is 0.397. The third-order valence-electron chi connectivity index (χ3n) is 7.81. The van der Waals surface area contributed by atoms with E-state index in [2.05, 4.69) is 36.3 Å². The van der Waals surface area contributed by atoms with Gasteiger partial charge < -0.3 is 10.1 Å². The molecule has 0 amide bonds. The van der Waals surface area contributed by atoms with Crippen molar-refractivity contribution in [2.24, 2.45) is 5.92 Å². The Morgan fingerprint density at radius 3 is 2.62 bits per heavy atom. The van der Waals surface area contributed by atoms with Crippen LogP contribution >= 0.6 is 0 Å². The number of hydrogen-bond acceptors (Lipinski definition) is 12. The van der Waals surface area contributed by atoms with Gasteiger partial charge in [-0.05, 0) is 44.2 Å². The number of sulfone groups is 1. The van der Waals surface area contributed by atoms with Gasteiger partial charge in [-0.1, -0.05) is 6.92 Å². The molecule has 13 nitrogen and oxygen atoms in total. The first kappa shape index (κ1) is 27.6. The highest BCUT2D eigenvalue weighted by molar-refractivity contribution is 7.91. The van der Waals surface area contributed by atoms with Gasteiger partial charge in [-0.15, -0.1) is 0 Å². The standard InChI is InChI=1S/C28H29N9O4S/c1-3-42(39,40)19-10-9-18(30-13-19)12-31-25-28(38)37(21-6-4-5-17(21)11-29)26-20(35-25)14-32-24(36-26)22-23(16-7-8-16)33-15-34-27(22)41-2/h9-10,13-17,21H,3-8,12H2,1-2H3,(H,31,35)/t17-,21+/m1/s1. The molecule has 2 atom stereocenters. The van der Waals surface area contributed by atoms with E-state index < -0.39 is 15.4 Å². The van der Waals surface area contributed by atoms with E-state index in [-0.39, 0.29) is 40.9 Å². The van der Waals surface area contributed by atoms with Crippen LogP contribution in [0.25, 0.3) is 22.6 Å². The number of hydrogen-bond donors (Lipinski definition) is 1. The summed E-state index contributed by atoms with van der Waals surface area (Å²) in [5.74, 6) is 0.640. The molecule has 0 aromatic carbocycles. The fourth-order valence-electron chi connectivity index (χ4n) is 5.40. The van der Waals surface area contributed by atoms with Gasteiger partial charge >= 0.3 is 0 Å². The number of anilines is 1. The van der Waals surface area contributed by atoms with Gasteiger partial charge in [-0.25, -0.2) is 33.3 Å². The minimum Gasteiger partial charge on any atom is -0.480 e. The molecule has 2 aliphatic rings. The summed E-state index contributed by atoms with van der Waals surface area (Å²) in [6.45, 7) is 1.71. The van der Waals surface area contributed by atoms with Crippen LogP contribution in [0.15, 0.2) is 40.5 Å². The van der Waals surface area contributed by atoms with Crippen molar-refractivity contribution in [3.63, 3.8) is 0 Å². The minimum atomic E-state index is -3.37. The monoisotopic (exact) mass is 587 g/mol. The molecular formula is C28H29N9O4S. The van der Waals surface area contributed by atoms with Gasteiger partial charge in [0.2, 0.25) is 5.88 Å². The summed E-state index contributed by atoms with van der Waals surface area (Å²) >= 11 is 0. The summed E-state index contributed by atoms with van der Waals surface area (Å²) in [7, 11) is -1.84. The maximum absolute atomic E-state index is 14.0. The summed E-state index contributed by atoms with van der Waals surface area (Å²) in [6.07, 6.45) is 8.47. The van der Waals surface area contributed by atoms with E-state index in [9.17, 15) is 18.5 Å². The van der Waals surface area contributed by atoms with Gasteiger partial charge in [0.15, 0.2) is 27.1 Å². The number of aromatic nitrogens is 7. The van der Waals surface area contributed by atoms with Crippen LogP contribution in [-0.4, -0.2) is 55.8 Å². The second-order valence-electron chi connectivity index (χ2n) is 10.4. The second-order valence-corrected chi connectivity index (χ2v) is 12.7. The SMILES string of the molecule is CCS(=O)(=O)c1ccc(CNc2nc3cnc(-c4c(OC)ncnc4C4CC4)nc3n([C@H]3CCC[C@@H]3C#N)c2=O)nc1. The van der Waals surface area contributed by atoms with Crippen LogP contribution in [0.2, 0.25) is 0 Å². The Labute approximate surface area is 242 Å². The Morgan fingerprint density at radius 1 is 1.10 bits per heavy atom. The molecule has 0 unspecified atom stereocenters. The van der Waals surface area contributed by atoms with E-state index in [0.717, 1.165) is 25.0 Å². The summed E-state index contributed by atoms with van der Waals surface area (Å²) in [5.41, 5.74) is 2.22. The molecule has 14 heteroatoms. The maximum atomic E-state index is 14.0. The van der Waals surface area contributed by atoms with Crippen LogP contribution in [-0.2, 0) is 16.4 Å². The number of ether oxygens (including phenoxy) is 1. The first-order valence-electron chi connectivity index (χ1n) is 13.8. The van der Waals surface area contributed by atoms with Gasteiger partial charge in [0.1, 0.15) is 17.4 Å². The van der Waals surface area contributed by atoms with Gasteiger partial charge in [-0.3, -0.25) is 14.3 Å². The summed E-state index contributed by atoms with van der Waals surface area (Å²) < 4.78 is 31.3. The Morgan fingerprint density at radius 2 is 1.93 bits per heavy atom. The van der Waals surface area contributed by atoms with Crippen molar-refractivity contribution >= 4 is 26.8 Å². The molecule has 42 heavy (non-hydrogen) atoms. The largest absolute Gasteiger partial charge is 0.480 e. The molecule has 4 aromatic rings. The normalized spacial score (nSPS) is 18.6. The molecule has 4 aromatic heterocycles. The number of pyridine rings is 1. The molecular weight excluding hydrogens is 558 g/mol. The maximum Gasteiger partial charge on any atom is 0.295 e. The smallest absolute Gasteiger partial charge is 0.295 e. The van der Waals surface area contributed by atoms with Crippen LogP contribution in [0, 0.1) is 17.2 Å². The Kier molecular flexibility index (Phi) is 7.28. The number of fused-ring (bicyclic) bond motifs is 1. The van der Waals surface area contributed by atoms with Gasteiger partial charge in [0.05, 0.1) is 59.9 Å². The molecule has 0 radical (unpaired) electrons. The van der Waals surface area contributed by atoms with Crippen molar-refractivity contribution in [3.8, 4) is 23.3 Å². The summed E-state index contributed by atoms with van der Waals surface area (Å²) in [4.78, 5) is 41.1. The van der Waals surface area contributed by atoms with Crippen molar-refractivity contribution in [3.05, 3.63) is 52.6 Å². The van der Waals surface area contributed by atoms with Crippen LogP contribution in [0.4, 0.5) is 5.82 Å². The lowest BCUT2D eigenvalue weighted by Crippen LogP contribution is -2.31. The minimum absolute atomic E-state index is 0.0204. The number of nitrogens with zero attached hydrogens (tertiary/aromatic N) is 8. The molecule has 2 fully saturated rings. The van der Waals surface area contributed by atoms with E-state index in [1.807, 2.05) is 0 Å². The fourth-order valence-corrected chi connectivity index (χ4v) is 6.22. The average Bonchev–Trinajstić information content (AvgIpc) is 3.76. The van der Waals surface area contributed by atoms with Gasteiger partial charge in [-0.2, -0.15) is 5.26 Å². The number of rotatable bonds is 9. The third-order valence-corrected chi connectivity index (χ3v) is 9.53. The van der Waals surface area contributed by atoms with E-state index in [4.69, 9.17) is 9.72 Å². The van der Waals surface area contributed by atoms with Gasteiger partial charge in [0, 0.05) is 12.1 Å². The highest BCUT2D eigenvalue weighted by atomic mass is 32.2. The number of nitriles is 1. The first-order chi connectivity index (χ1) is 20.3. The van der Waals surface area contributed by atoms with E-state index in [1.54, 1.807) is 23.8 Å². The van der Waals surface area contributed by atoms with Gasteiger partial charge in [0.25, 0.3) is 5.56 Å². The van der Waals surface area contributed by atoms with E-state index in [0.29, 0.717) is 47.0 Å².